The Morgan fingerprint density at radius 2 is 2.05 bits per heavy atom. The molecule has 0 bridgehead atoms. The molecule has 5 nitrogen and oxygen atoms in total. The second-order valence-corrected chi connectivity index (χ2v) is 5.46. The fourth-order valence-electron chi connectivity index (χ4n) is 1.84. The standard InChI is InChI=1S/C16H17FNO4/c1-5-11-6-7-12(8-13(11)17)14(19)18(9-10(2)3)16(4,22)15(20)21/h6-8,10,22H,9H2,2-4H3,(H,20,21). The number of carboxylic acid groups (broad SMARTS) is 1. The third kappa shape index (κ3) is 3.62. The Balaban J connectivity index is 3.26. The SMILES string of the molecule is [C]#Cc1ccc(C(=O)N(CC(C)C)C(C)(O)C(=O)O)cc1F. The van der Waals surface area contributed by atoms with Crippen molar-refractivity contribution < 1.29 is 24.2 Å². The van der Waals surface area contributed by atoms with E-state index in [2.05, 4.69) is 0 Å². The first kappa shape index (κ1) is 17.7. The van der Waals surface area contributed by atoms with Crippen LogP contribution < -0.4 is 0 Å². The Hall–Kier alpha value is -2.39. The number of carbonyl (C=O) groups excluding carboxylic acids is 1. The molecular formula is C16H17FNO4. The first-order valence-corrected chi connectivity index (χ1v) is 6.61. The molecule has 1 aromatic rings. The zero-order valence-electron chi connectivity index (χ0n) is 12.6. The second kappa shape index (κ2) is 6.58. The average molecular weight is 306 g/mol. The Morgan fingerprint density at radius 1 is 1.45 bits per heavy atom. The number of hydrogen-bond donors (Lipinski definition) is 2. The van der Waals surface area contributed by atoms with Gasteiger partial charge in [0.2, 0.25) is 5.72 Å². The van der Waals surface area contributed by atoms with Crippen molar-refractivity contribution in [3.05, 3.63) is 41.6 Å². The summed E-state index contributed by atoms with van der Waals surface area (Å²) < 4.78 is 13.7. The van der Waals surface area contributed by atoms with Crippen LogP contribution in [0.1, 0.15) is 36.7 Å². The summed E-state index contributed by atoms with van der Waals surface area (Å²) in [5.41, 5.74) is -2.64. The molecule has 0 aliphatic rings. The lowest BCUT2D eigenvalue weighted by Crippen LogP contribution is -2.56. The maximum absolute atomic E-state index is 13.7. The summed E-state index contributed by atoms with van der Waals surface area (Å²) in [4.78, 5) is 24.4. The fourth-order valence-corrected chi connectivity index (χ4v) is 1.84. The number of nitrogens with zero attached hydrogens (tertiary/aromatic N) is 1. The van der Waals surface area contributed by atoms with E-state index in [1.54, 1.807) is 13.8 Å². The van der Waals surface area contributed by atoms with Crippen molar-refractivity contribution in [2.75, 3.05) is 6.54 Å². The number of rotatable bonds is 5. The van der Waals surface area contributed by atoms with E-state index in [-0.39, 0.29) is 23.6 Å². The molecule has 1 radical (unpaired) electrons. The number of benzene rings is 1. The van der Waals surface area contributed by atoms with E-state index < -0.39 is 23.4 Å². The van der Waals surface area contributed by atoms with Gasteiger partial charge in [0, 0.05) is 12.1 Å². The maximum Gasteiger partial charge on any atom is 0.357 e. The Bertz CT molecular complexity index is 632. The highest BCUT2D eigenvalue weighted by molar-refractivity contribution is 5.97. The largest absolute Gasteiger partial charge is 0.478 e. The molecule has 0 fully saturated rings. The Kier molecular flexibility index (Phi) is 5.28. The van der Waals surface area contributed by atoms with Gasteiger partial charge in [-0.2, -0.15) is 0 Å². The van der Waals surface area contributed by atoms with Crippen molar-refractivity contribution in [3.8, 4) is 5.92 Å². The summed E-state index contributed by atoms with van der Waals surface area (Å²) in [6.45, 7) is 4.49. The molecule has 1 unspecified atom stereocenters. The number of hydrogen-bond acceptors (Lipinski definition) is 3. The highest BCUT2D eigenvalue weighted by Crippen LogP contribution is 2.20. The van der Waals surface area contributed by atoms with Gasteiger partial charge in [-0.25, -0.2) is 9.18 Å². The van der Waals surface area contributed by atoms with Gasteiger partial charge in [0.05, 0.1) is 5.56 Å². The first-order chi connectivity index (χ1) is 10.1. The summed E-state index contributed by atoms with van der Waals surface area (Å²) in [5.74, 6) is -1.43. The second-order valence-electron chi connectivity index (χ2n) is 5.46. The van der Waals surface area contributed by atoms with Crippen molar-refractivity contribution in [1.29, 1.82) is 0 Å². The average Bonchev–Trinajstić information content (AvgIpc) is 2.43. The lowest BCUT2D eigenvalue weighted by molar-refractivity contribution is -0.173. The molecule has 2 N–H and O–H groups in total. The van der Waals surface area contributed by atoms with Crippen molar-refractivity contribution in [3.63, 3.8) is 0 Å². The van der Waals surface area contributed by atoms with Crippen molar-refractivity contribution in [1.82, 2.24) is 4.90 Å². The van der Waals surface area contributed by atoms with E-state index in [1.807, 2.05) is 5.92 Å². The van der Waals surface area contributed by atoms with Crippen molar-refractivity contribution in [2.45, 2.75) is 26.5 Å². The molecule has 0 aliphatic carbocycles. The zero-order valence-corrected chi connectivity index (χ0v) is 12.6. The van der Waals surface area contributed by atoms with E-state index in [0.717, 1.165) is 17.9 Å². The lowest BCUT2D eigenvalue weighted by Gasteiger charge is -2.34. The van der Waals surface area contributed by atoms with E-state index in [1.165, 1.54) is 12.1 Å². The molecule has 1 atom stereocenters. The smallest absolute Gasteiger partial charge is 0.357 e. The molecular weight excluding hydrogens is 289 g/mol. The maximum atomic E-state index is 13.7. The first-order valence-electron chi connectivity index (χ1n) is 6.61. The highest BCUT2D eigenvalue weighted by atomic mass is 19.1. The van der Waals surface area contributed by atoms with Crippen LogP contribution in [-0.2, 0) is 4.79 Å². The van der Waals surface area contributed by atoms with E-state index >= 15 is 0 Å². The van der Waals surface area contributed by atoms with Gasteiger partial charge < -0.3 is 15.1 Å². The van der Waals surface area contributed by atoms with Gasteiger partial charge in [-0.3, -0.25) is 4.79 Å². The van der Waals surface area contributed by atoms with E-state index in [0.29, 0.717) is 0 Å². The Labute approximate surface area is 128 Å². The van der Waals surface area contributed by atoms with Crippen LogP contribution in [0.15, 0.2) is 18.2 Å². The van der Waals surface area contributed by atoms with Gasteiger partial charge in [-0.05, 0) is 43.4 Å². The summed E-state index contributed by atoms with van der Waals surface area (Å²) >= 11 is 0. The summed E-state index contributed by atoms with van der Waals surface area (Å²) in [5, 5.41) is 19.2. The van der Waals surface area contributed by atoms with Gasteiger partial charge in [-0.1, -0.05) is 13.8 Å². The number of aliphatic hydroxyl groups is 1. The molecule has 0 saturated carbocycles. The topological polar surface area (TPSA) is 77.8 Å². The van der Waals surface area contributed by atoms with Crippen LogP contribution in [0.4, 0.5) is 4.39 Å². The molecule has 1 amide bonds. The van der Waals surface area contributed by atoms with Crippen LogP contribution in [0.25, 0.3) is 0 Å². The minimum Gasteiger partial charge on any atom is -0.478 e. The Morgan fingerprint density at radius 3 is 2.45 bits per heavy atom. The number of amides is 1. The summed E-state index contributed by atoms with van der Waals surface area (Å²) in [7, 11) is 0. The van der Waals surface area contributed by atoms with Gasteiger partial charge in [0.1, 0.15) is 5.82 Å². The van der Waals surface area contributed by atoms with E-state index in [4.69, 9.17) is 11.5 Å². The van der Waals surface area contributed by atoms with Gasteiger partial charge >= 0.3 is 5.97 Å². The quantitative estimate of drug-likeness (QED) is 0.640. The minimum absolute atomic E-state index is 0.0157. The monoisotopic (exact) mass is 306 g/mol. The molecule has 117 valence electrons. The molecule has 6 heteroatoms. The van der Waals surface area contributed by atoms with Crippen LogP contribution in [0.2, 0.25) is 0 Å². The lowest BCUT2D eigenvalue weighted by atomic mass is 10.1. The number of carboxylic acids is 1. The predicted octanol–water partition coefficient (Wildman–Crippen LogP) is 1.65. The molecule has 1 rings (SSSR count). The molecule has 0 aromatic heterocycles. The van der Waals surface area contributed by atoms with Crippen LogP contribution in [0, 0.1) is 24.1 Å². The van der Waals surface area contributed by atoms with Crippen LogP contribution in [-0.4, -0.2) is 39.3 Å². The van der Waals surface area contributed by atoms with Gasteiger partial charge in [-0.15, -0.1) is 0 Å². The van der Waals surface area contributed by atoms with Gasteiger partial charge in [0.25, 0.3) is 5.91 Å². The molecule has 0 aliphatic heterocycles. The van der Waals surface area contributed by atoms with Crippen molar-refractivity contribution >= 4 is 11.9 Å². The van der Waals surface area contributed by atoms with Crippen LogP contribution in [0.3, 0.4) is 0 Å². The fraction of sp³-hybridized carbons (Fsp3) is 0.375. The highest BCUT2D eigenvalue weighted by Gasteiger charge is 2.41. The molecule has 0 saturated heterocycles. The summed E-state index contributed by atoms with van der Waals surface area (Å²) in [6, 6.07) is 3.34. The number of halogens is 1. The van der Waals surface area contributed by atoms with Crippen LogP contribution in [0.5, 0.6) is 0 Å². The molecule has 1 aromatic carbocycles. The number of aliphatic carboxylic acids is 1. The minimum atomic E-state index is -2.41. The van der Waals surface area contributed by atoms with Crippen LogP contribution >= 0.6 is 0 Å². The predicted molar refractivity (Wildman–Crippen MR) is 76.8 cm³/mol. The zero-order chi connectivity index (χ0) is 17.1. The molecule has 0 heterocycles. The molecule has 22 heavy (non-hydrogen) atoms. The third-order valence-corrected chi connectivity index (χ3v) is 3.07. The summed E-state index contributed by atoms with van der Waals surface area (Å²) in [6.07, 6.45) is 6.89. The third-order valence-electron chi connectivity index (χ3n) is 3.07. The van der Waals surface area contributed by atoms with Gasteiger partial charge in [0.15, 0.2) is 0 Å². The molecule has 0 spiro atoms. The number of carbonyl (C=O) groups is 2. The van der Waals surface area contributed by atoms with E-state index in [9.17, 15) is 19.1 Å². The normalized spacial score (nSPS) is 13.3. The van der Waals surface area contributed by atoms with Crippen molar-refractivity contribution in [2.24, 2.45) is 5.92 Å².